The topological polar surface area (TPSA) is 128 Å². The van der Waals surface area contributed by atoms with E-state index in [0.29, 0.717) is 35.8 Å². The second-order valence-corrected chi connectivity index (χ2v) is 9.01. The maximum Gasteiger partial charge on any atom is 0.239 e. The highest BCUT2D eigenvalue weighted by molar-refractivity contribution is 7.89. The second kappa shape index (κ2) is 6.33. The van der Waals surface area contributed by atoms with Gasteiger partial charge in [0.25, 0.3) is 0 Å². The summed E-state index contributed by atoms with van der Waals surface area (Å²) in [6.45, 7) is 2.00. The Morgan fingerprint density at radius 2 is 2.18 bits per heavy atom. The standard InChI is InChI=1S/C18H20N4O5S/c1-11-20-14(9-27-11)15(23)8-12-3-4-16-13(7-12)18(5-6-26-16)10-28(24,25)22(2)17(19)21-18/h3-4,7,9H,5-6,8,10H2,1-2H3,(H2,19,21)/t18-/m0/s1. The molecule has 0 amide bonds. The van der Waals surface area contributed by atoms with Crippen molar-refractivity contribution in [1.82, 2.24) is 9.29 Å². The number of carbonyl (C=O) groups is 1. The molecule has 28 heavy (non-hydrogen) atoms. The predicted octanol–water partition coefficient (Wildman–Crippen LogP) is 0.976. The molecule has 9 nitrogen and oxygen atoms in total. The smallest absolute Gasteiger partial charge is 0.239 e. The number of carbonyl (C=O) groups excluding carboxylic acids is 1. The number of fused-ring (bicyclic) bond motifs is 2. The van der Waals surface area contributed by atoms with E-state index < -0.39 is 15.6 Å². The van der Waals surface area contributed by atoms with Gasteiger partial charge in [-0.1, -0.05) is 6.07 Å². The van der Waals surface area contributed by atoms with Gasteiger partial charge in [0.1, 0.15) is 23.2 Å². The van der Waals surface area contributed by atoms with Crippen LogP contribution in [0.5, 0.6) is 5.75 Å². The fourth-order valence-corrected chi connectivity index (χ4v) is 5.03. The summed E-state index contributed by atoms with van der Waals surface area (Å²) in [6, 6.07) is 5.29. The molecule has 148 valence electrons. The fourth-order valence-electron chi connectivity index (χ4n) is 3.54. The van der Waals surface area contributed by atoms with Gasteiger partial charge in [0.2, 0.25) is 16.0 Å². The minimum Gasteiger partial charge on any atom is -0.493 e. The van der Waals surface area contributed by atoms with E-state index in [9.17, 15) is 13.2 Å². The largest absolute Gasteiger partial charge is 0.493 e. The highest BCUT2D eigenvalue weighted by atomic mass is 32.2. The molecule has 1 atom stereocenters. The number of sulfonamides is 1. The van der Waals surface area contributed by atoms with E-state index >= 15 is 0 Å². The van der Waals surface area contributed by atoms with Crippen LogP contribution in [0.3, 0.4) is 0 Å². The summed E-state index contributed by atoms with van der Waals surface area (Å²) in [7, 11) is -2.22. The van der Waals surface area contributed by atoms with Gasteiger partial charge in [-0.15, -0.1) is 0 Å². The fraction of sp³-hybridized carbons (Fsp3) is 0.389. The lowest BCUT2D eigenvalue weighted by molar-refractivity contribution is 0.0988. The summed E-state index contributed by atoms with van der Waals surface area (Å²) in [5, 5.41) is 0. The number of aliphatic imine (C=N–C) groups is 1. The summed E-state index contributed by atoms with van der Waals surface area (Å²) in [5.41, 5.74) is 6.46. The molecule has 1 spiro atoms. The Morgan fingerprint density at radius 1 is 1.39 bits per heavy atom. The van der Waals surface area contributed by atoms with Crippen LogP contribution in [-0.4, -0.2) is 48.9 Å². The number of guanidine groups is 1. The Balaban J connectivity index is 1.73. The van der Waals surface area contributed by atoms with Crippen molar-refractivity contribution in [3.8, 4) is 5.75 Å². The first-order valence-corrected chi connectivity index (χ1v) is 10.3. The lowest BCUT2D eigenvalue weighted by Crippen LogP contribution is -2.52. The lowest BCUT2D eigenvalue weighted by atomic mass is 9.85. The van der Waals surface area contributed by atoms with Gasteiger partial charge in [-0.25, -0.2) is 22.7 Å². The lowest BCUT2D eigenvalue weighted by Gasteiger charge is -2.40. The van der Waals surface area contributed by atoms with E-state index in [1.165, 1.54) is 13.3 Å². The molecule has 10 heteroatoms. The van der Waals surface area contributed by atoms with Crippen molar-refractivity contribution in [2.45, 2.75) is 25.3 Å². The van der Waals surface area contributed by atoms with E-state index in [4.69, 9.17) is 14.9 Å². The van der Waals surface area contributed by atoms with Crippen LogP contribution in [0, 0.1) is 6.92 Å². The zero-order chi connectivity index (χ0) is 20.1. The number of benzene rings is 1. The van der Waals surface area contributed by atoms with E-state index in [0.717, 1.165) is 4.31 Å². The summed E-state index contributed by atoms with van der Waals surface area (Å²) >= 11 is 0. The minimum absolute atomic E-state index is 0.0568. The van der Waals surface area contributed by atoms with Crippen LogP contribution in [0.2, 0.25) is 0 Å². The Kier molecular flexibility index (Phi) is 4.18. The van der Waals surface area contributed by atoms with E-state index in [2.05, 4.69) is 9.98 Å². The van der Waals surface area contributed by atoms with Crippen molar-refractivity contribution in [2.24, 2.45) is 10.7 Å². The average Bonchev–Trinajstić information content (AvgIpc) is 3.07. The molecular formula is C18H20N4O5S. The third-order valence-electron chi connectivity index (χ3n) is 5.08. The average molecular weight is 404 g/mol. The van der Waals surface area contributed by atoms with Crippen molar-refractivity contribution in [3.63, 3.8) is 0 Å². The highest BCUT2D eigenvalue weighted by Crippen LogP contribution is 2.43. The van der Waals surface area contributed by atoms with Crippen LogP contribution in [0.4, 0.5) is 0 Å². The molecule has 0 unspecified atom stereocenters. The number of oxazole rings is 1. The molecule has 0 saturated carbocycles. The van der Waals surface area contributed by atoms with Crippen LogP contribution in [0.1, 0.15) is 33.9 Å². The molecule has 1 aromatic carbocycles. The number of Topliss-reactive ketones (excluding diaryl/α,β-unsaturated/α-hetero) is 1. The molecule has 0 saturated heterocycles. The number of hydrogen-bond donors (Lipinski definition) is 1. The third kappa shape index (κ3) is 3.03. The molecule has 0 radical (unpaired) electrons. The van der Waals surface area contributed by atoms with Crippen molar-refractivity contribution >= 4 is 21.8 Å². The third-order valence-corrected chi connectivity index (χ3v) is 6.94. The Morgan fingerprint density at radius 3 is 2.86 bits per heavy atom. The predicted molar refractivity (Wildman–Crippen MR) is 101 cm³/mol. The maximum absolute atomic E-state index is 12.6. The monoisotopic (exact) mass is 404 g/mol. The first-order chi connectivity index (χ1) is 13.2. The van der Waals surface area contributed by atoms with E-state index in [1.54, 1.807) is 25.1 Å². The normalized spacial score (nSPS) is 23.1. The molecule has 3 heterocycles. The number of aryl methyl sites for hydroxylation is 1. The number of aromatic nitrogens is 1. The summed E-state index contributed by atoms with van der Waals surface area (Å²) in [4.78, 5) is 21.0. The van der Waals surface area contributed by atoms with Gasteiger partial charge in [-0.2, -0.15) is 0 Å². The van der Waals surface area contributed by atoms with Crippen LogP contribution < -0.4 is 10.5 Å². The Hall–Kier alpha value is -2.88. The first-order valence-electron chi connectivity index (χ1n) is 8.74. The molecular weight excluding hydrogens is 384 g/mol. The Labute approximate surface area is 162 Å². The number of ketones is 1. The van der Waals surface area contributed by atoms with Gasteiger partial charge < -0.3 is 14.9 Å². The number of ether oxygens (including phenoxy) is 1. The maximum atomic E-state index is 12.6. The van der Waals surface area contributed by atoms with Gasteiger partial charge in [0, 0.05) is 32.4 Å². The molecule has 2 aliphatic rings. The summed E-state index contributed by atoms with van der Waals surface area (Å²) < 4.78 is 36.9. The first kappa shape index (κ1) is 18.5. The van der Waals surface area contributed by atoms with Crippen molar-refractivity contribution in [2.75, 3.05) is 19.4 Å². The molecule has 4 rings (SSSR count). The molecule has 2 N–H and O–H groups in total. The van der Waals surface area contributed by atoms with Crippen molar-refractivity contribution in [3.05, 3.63) is 47.2 Å². The van der Waals surface area contributed by atoms with Gasteiger partial charge in [-0.3, -0.25) is 4.79 Å². The SMILES string of the molecule is Cc1nc(C(=O)Cc2ccc3c(c2)[C@]2(CCO3)CS(=O)(=O)N(C)C(N)=N2)co1. The Bertz CT molecular complexity index is 1090. The van der Waals surface area contributed by atoms with E-state index in [-0.39, 0.29) is 29.6 Å². The van der Waals surface area contributed by atoms with Crippen LogP contribution >= 0.6 is 0 Å². The number of nitrogens with zero attached hydrogens (tertiary/aromatic N) is 3. The number of hydrogen-bond acceptors (Lipinski definition) is 8. The molecule has 1 aromatic heterocycles. The summed E-state index contributed by atoms with van der Waals surface area (Å²) in [5.74, 6) is 0.520. The van der Waals surface area contributed by atoms with Crippen LogP contribution in [0.25, 0.3) is 0 Å². The van der Waals surface area contributed by atoms with Gasteiger partial charge >= 0.3 is 0 Å². The van der Waals surface area contributed by atoms with Crippen molar-refractivity contribution < 1.29 is 22.4 Å². The zero-order valence-electron chi connectivity index (χ0n) is 15.5. The quantitative estimate of drug-likeness (QED) is 0.755. The molecule has 2 aliphatic heterocycles. The highest BCUT2D eigenvalue weighted by Gasteiger charge is 2.46. The second-order valence-electron chi connectivity index (χ2n) is 7.01. The number of rotatable bonds is 3. The number of nitrogens with two attached hydrogens (primary N) is 1. The van der Waals surface area contributed by atoms with Crippen molar-refractivity contribution in [1.29, 1.82) is 0 Å². The van der Waals surface area contributed by atoms with Gasteiger partial charge in [0.05, 0.1) is 12.4 Å². The van der Waals surface area contributed by atoms with Crippen LogP contribution in [-0.2, 0) is 22.0 Å². The van der Waals surface area contributed by atoms with Crippen LogP contribution in [0.15, 0.2) is 33.9 Å². The minimum atomic E-state index is -3.60. The molecule has 0 bridgehead atoms. The van der Waals surface area contributed by atoms with E-state index in [1.807, 2.05) is 0 Å². The molecule has 0 fully saturated rings. The van der Waals surface area contributed by atoms with Gasteiger partial charge in [-0.05, 0) is 17.7 Å². The summed E-state index contributed by atoms with van der Waals surface area (Å²) in [6.07, 6.45) is 1.81. The zero-order valence-corrected chi connectivity index (χ0v) is 16.3. The van der Waals surface area contributed by atoms with Gasteiger partial charge in [0.15, 0.2) is 11.7 Å². The molecule has 2 aromatic rings. The molecule has 0 aliphatic carbocycles.